The molecule has 0 radical (unpaired) electrons. The molecule has 1 aromatic carbocycles. The van der Waals surface area contributed by atoms with Gasteiger partial charge in [0.25, 0.3) is 0 Å². The van der Waals surface area contributed by atoms with E-state index >= 15 is 0 Å². The maximum atomic E-state index is 13.3. The number of halogens is 1. The van der Waals surface area contributed by atoms with E-state index in [1.165, 1.54) is 78.4 Å². The normalized spacial score (nSPS) is 34.8. The number of carbonyl (C=O) groups is 1. The highest BCUT2D eigenvalue weighted by Gasteiger charge is 2.53. The average molecular weight is 478 g/mol. The number of anilines is 1. The number of hydrogen-bond donors (Lipinski definition) is 1. The Bertz CT molecular complexity index is 961. The van der Waals surface area contributed by atoms with E-state index in [2.05, 4.69) is 12.2 Å². The van der Waals surface area contributed by atoms with Crippen LogP contribution in [0.1, 0.15) is 58.3 Å². The van der Waals surface area contributed by atoms with E-state index in [1.807, 2.05) is 0 Å². The van der Waals surface area contributed by atoms with Crippen molar-refractivity contribution >= 4 is 21.8 Å². The van der Waals surface area contributed by atoms with Crippen LogP contribution in [-0.2, 0) is 15.0 Å². The van der Waals surface area contributed by atoms with Crippen LogP contribution in [0, 0.1) is 34.9 Å². The van der Waals surface area contributed by atoms with Crippen molar-refractivity contribution < 1.29 is 17.6 Å². The molecule has 5 aliphatic rings. The number of carbonyl (C=O) groups excluding carboxylic acids is 1. The summed E-state index contributed by atoms with van der Waals surface area (Å²) in [5.74, 6) is 1.72. The Kier molecular flexibility index (Phi) is 5.96. The van der Waals surface area contributed by atoms with Gasteiger partial charge in [0.15, 0.2) is 0 Å². The summed E-state index contributed by atoms with van der Waals surface area (Å²) in [5.41, 5.74) is 0.631. The number of nitrogens with zero attached hydrogens (tertiary/aromatic N) is 2. The monoisotopic (exact) mass is 477 g/mol. The molecule has 4 aliphatic carbocycles. The van der Waals surface area contributed by atoms with Crippen LogP contribution in [0.4, 0.5) is 10.1 Å². The molecule has 0 aromatic heterocycles. The predicted octanol–water partition coefficient (Wildman–Crippen LogP) is 3.94. The van der Waals surface area contributed by atoms with Gasteiger partial charge in [-0.3, -0.25) is 9.10 Å². The van der Waals surface area contributed by atoms with Crippen molar-refractivity contribution in [1.29, 1.82) is 0 Å². The minimum atomic E-state index is -3.80. The molecule has 33 heavy (non-hydrogen) atoms. The van der Waals surface area contributed by atoms with E-state index in [-0.39, 0.29) is 29.8 Å². The van der Waals surface area contributed by atoms with Gasteiger partial charge < -0.3 is 5.32 Å². The molecule has 1 saturated heterocycles. The molecule has 1 aliphatic heterocycles. The molecular weight excluding hydrogens is 441 g/mol. The average Bonchev–Trinajstić information content (AvgIpc) is 2.78. The Morgan fingerprint density at radius 2 is 1.70 bits per heavy atom. The second-order valence-electron chi connectivity index (χ2n) is 11.2. The molecule has 4 bridgehead atoms. The minimum absolute atomic E-state index is 0.0115. The first-order valence-corrected chi connectivity index (χ1v) is 13.9. The minimum Gasteiger partial charge on any atom is -0.353 e. The van der Waals surface area contributed by atoms with Crippen molar-refractivity contribution in [2.75, 3.05) is 24.4 Å². The molecule has 6 nitrogen and oxygen atoms in total. The van der Waals surface area contributed by atoms with Gasteiger partial charge in [-0.15, -0.1) is 0 Å². The molecule has 0 unspecified atom stereocenters. The van der Waals surface area contributed by atoms with Gasteiger partial charge in [0.05, 0.1) is 11.6 Å². The molecule has 2 atom stereocenters. The summed E-state index contributed by atoms with van der Waals surface area (Å²) < 4.78 is 42.3. The fraction of sp³-hybridized carbons (Fsp3) is 0.720. The van der Waals surface area contributed by atoms with E-state index in [0.29, 0.717) is 25.1 Å². The highest BCUT2D eigenvalue weighted by molar-refractivity contribution is 7.90. The molecule has 4 saturated carbocycles. The lowest BCUT2D eigenvalue weighted by molar-refractivity contribution is -0.130. The number of hydrogen-bond acceptors (Lipinski definition) is 3. The SMILES string of the molecule is C[C@H](NC(=O)[C@H]1CCCN(S(=O)(=O)N(C)c2ccc(F)cc2)C1)C12CC3CC(CC(C3)C1)C2. The van der Waals surface area contributed by atoms with E-state index in [0.717, 1.165) is 17.8 Å². The molecule has 1 heterocycles. The van der Waals surface area contributed by atoms with Crippen LogP contribution in [0.25, 0.3) is 0 Å². The lowest BCUT2D eigenvalue weighted by Crippen LogP contribution is -2.57. The molecule has 5 fully saturated rings. The summed E-state index contributed by atoms with van der Waals surface area (Å²) in [5, 5.41) is 3.33. The number of piperidine rings is 1. The summed E-state index contributed by atoms with van der Waals surface area (Å²) in [6.07, 6.45) is 9.16. The van der Waals surface area contributed by atoms with Crippen LogP contribution in [0.15, 0.2) is 24.3 Å². The van der Waals surface area contributed by atoms with Gasteiger partial charge in [0, 0.05) is 26.2 Å². The topological polar surface area (TPSA) is 69.7 Å². The standard InChI is InChI=1S/C25H36FN3O3S/c1-17(25-13-18-10-19(14-25)12-20(11-18)15-25)27-24(30)21-4-3-9-29(16-21)33(31,32)28(2)23-7-5-22(26)6-8-23/h5-8,17-21H,3-4,9-16H2,1-2H3,(H,27,30)/t17-,18?,19?,20?,21-,25?/m0/s1. The zero-order valence-electron chi connectivity index (χ0n) is 19.7. The van der Waals surface area contributed by atoms with Crippen molar-refractivity contribution in [1.82, 2.24) is 9.62 Å². The number of nitrogens with one attached hydrogen (secondary N) is 1. The first-order valence-electron chi connectivity index (χ1n) is 12.5. The van der Waals surface area contributed by atoms with Gasteiger partial charge in [0.2, 0.25) is 5.91 Å². The van der Waals surface area contributed by atoms with Gasteiger partial charge in [-0.25, -0.2) is 4.39 Å². The highest BCUT2D eigenvalue weighted by Crippen LogP contribution is 2.61. The largest absolute Gasteiger partial charge is 0.353 e. The molecular formula is C25H36FN3O3S. The number of benzene rings is 1. The Labute approximate surface area is 197 Å². The molecule has 1 amide bonds. The van der Waals surface area contributed by atoms with Crippen LogP contribution in [-0.4, -0.2) is 44.8 Å². The zero-order valence-corrected chi connectivity index (χ0v) is 20.5. The molecule has 0 spiro atoms. The van der Waals surface area contributed by atoms with Gasteiger partial charge in [-0.2, -0.15) is 12.7 Å². The summed E-state index contributed by atoms with van der Waals surface area (Å²) >= 11 is 0. The number of rotatable bonds is 6. The number of amides is 1. The summed E-state index contributed by atoms with van der Waals surface area (Å²) in [6, 6.07) is 5.54. The van der Waals surface area contributed by atoms with E-state index in [4.69, 9.17) is 0 Å². The maximum absolute atomic E-state index is 13.3. The third-order valence-corrected chi connectivity index (χ3v) is 10.9. The predicted molar refractivity (Wildman–Crippen MR) is 126 cm³/mol. The Morgan fingerprint density at radius 3 is 2.27 bits per heavy atom. The first kappa shape index (κ1) is 23.1. The van der Waals surface area contributed by atoms with Crippen LogP contribution in [0.2, 0.25) is 0 Å². The van der Waals surface area contributed by atoms with Gasteiger partial charge in [-0.1, -0.05) is 0 Å². The van der Waals surface area contributed by atoms with Gasteiger partial charge >= 0.3 is 10.2 Å². The van der Waals surface area contributed by atoms with Crippen LogP contribution >= 0.6 is 0 Å². The molecule has 1 N–H and O–H groups in total. The fourth-order valence-electron chi connectivity index (χ4n) is 7.52. The third-order valence-electron chi connectivity index (χ3n) is 8.98. The fourth-order valence-corrected chi connectivity index (χ4v) is 8.98. The summed E-state index contributed by atoms with van der Waals surface area (Å²) in [6.45, 7) is 2.75. The quantitative estimate of drug-likeness (QED) is 0.675. The van der Waals surface area contributed by atoms with E-state index in [9.17, 15) is 17.6 Å². The van der Waals surface area contributed by atoms with Crippen LogP contribution in [0.5, 0.6) is 0 Å². The second-order valence-corrected chi connectivity index (χ2v) is 13.1. The second kappa shape index (κ2) is 8.52. The molecule has 182 valence electrons. The Morgan fingerprint density at radius 1 is 1.12 bits per heavy atom. The lowest BCUT2D eigenvalue weighted by atomic mass is 9.48. The molecule has 6 rings (SSSR count). The van der Waals surface area contributed by atoms with Crippen LogP contribution in [0.3, 0.4) is 0 Å². The Hall–Kier alpha value is -1.67. The Balaban J connectivity index is 1.24. The smallest absolute Gasteiger partial charge is 0.303 e. The van der Waals surface area contributed by atoms with Gasteiger partial charge in [-0.05, 0) is 106 Å². The lowest BCUT2D eigenvalue weighted by Gasteiger charge is -2.59. The van der Waals surface area contributed by atoms with Crippen molar-refractivity contribution in [3.8, 4) is 0 Å². The van der Waals surface area contributed by atoms with Crippen molar-refractivity contribution in [3.05, 3.63) is 30.1 Å². The maximum Gasteiger partial charge on any atom is 0.303 e. The summed E-state index contributed by atoms with van der Waals surface area (Å²) in [7, 11) is -2.32. The summed E-state index contributed by atoms with van der Waals surface area (Å²) in [4.78, 5) is 13.3. The van der Waals surface area contributed by atoms with Crippen molar-refractivity contribution in [2.24, 2.45) is 29.1 Å². The van der Waals surface area contributed by atoms with Gasteiger partial charge in [0.1, 0.15) is 5.82 Å². The first-order chi connectivity index (χ1) is 15.7. The van der Waals surface area contributed by atoms with E-state index < -0.39 is 16.0 Å². The highest BCUT2D eigenvalue weighted by atomic mass is 32.2. The van der Waals surface area contributed by atoms with Crippen molar-refractivity contribution in [2.45, 2.75) is 64.3 Å². The zero-order chi connectivity index (χ0) is 23.4. The third kappa shape index (κ3) is 4.29. The van der Waals surface area contributed by atoms with Crippen LogP contribution < -0.4 is 9.62 Å². The van der Waals surface area contributed by atoms with E-state index in [1.54, 1.807) is 0 Å². The molecule has 8 heteroatoms. The van der Waals surface area contributed by atoms with Crippen molar-refractivity contribution in [3.63, 3.8) is 0 Å². The molecule has 1 aromatic rings.